The number of aryl methyl sites for hydroxylation is 2. The number of rotatable bonds is 6. The highest BCUT2D eigenvalue weighted by Gasteiger charge is 2.18. The van der Waals surface area contributed by atoms with Crippen molar-refractivity contribution < 1.29 is 14.5 Å². The predicted molar refractivity (Wildman–Crippen MR) is 99.5 cm³/mol. The molecule has 2 rings (SSSR count). The Morgan fingerprint density at radius 1 is 1.20 bits per heavy atom. The molecule has 0 radical (unpaired) electrons. The third-order valence-corrected chi connectivity index (χ3v) is 4.91. The largest absolute Gasteiger partial charge is 0.495 e. The molecule has 1 amide bonds. The van der Waals surface area contributed by atoms with Crippen LogP contribution in [0.4, 0.5) is 11.4 Å². The highest BCUT2D eigenvalue weighted by atomic mass is 32.2. The Hall–Kier alpha value is -2.54. The van der Waals surface area contributed by atoms with Crippen molar-refractivity contribution in [1.29, 1.82) is 0 Å². The molecule has 0 aliphatic rings. The highest BCUT2D eigenvalue weighted by molar-refractivity contribution is 8.00. The molecule has 0 heterocycles. The minimum absolute atomic E-state index is 0.106. The maximum absolute atomic E-state index is 12.5. The Labute approximate surface area is 150 Å². The Kier molecular flexibility index (Phi) is 6.03. The quantitative estimate of drug-likeness (QED) is 0.471. The molecule has 0 bridgehead atoms. The molecule has 132 valence electrons. The van der Waals surface area contributed by atoms with Gasteiger partial charge in [-0.25, -0.2) is 0 Å². The summed E-state index contributed by atoms with van der Waals surface area (Å²) in [4.78, 5) is 23.9. The zero-order chi connectivity index (χ0) is 18.6. The molecule has 0 saturated carbocycles. The standard InChI is InChI=1S/C18H20N2O4S/c1-11-5-7-15(9-12(11)2)25-13(3)18(21)19-16-10-14(20(22)23)6-8-17(16)24-4/h5-10,13H,1-4H3,(H,19,21). The van der Waals surface area contributed by atoms with Gasteiger partial charge in [0.2, 0.25) is 5.91 Å². The van der Waals surface area contributed by atoms with Gasteiger partial charge in [0.05, 0.1) is 23.0 Å². The van der Waals surface area contributed by atoms with Crippen LogP contribution in [0.1, 0.15) is 18.1 Å². The van der Waals surface area contributed by atoms with Crippen LogP contribution in [-0.4, -0.2) is 23.2 Å². The summed E-state index contributed by atoms with van der Waals surface area (Å²) in [6.45, 7) is 5.85. The van der Waals surface area contributed by atoms with E-state index in [4.69, 9.17) is 4.74 Å². The molecule has 0 saturated heterocycles. The van der Waals surface area contributed by atoms with Crippen LogP contribution in [0.25, 0.3) is 0 Å². The third kappa shape index (κ3) is 4.73. The van der Waals surface area contributed by atoms with Gasteiger partial charge in [-0.2, -0.15) is 0 Å². The van der Waals surface area contributed by atoms with Crippen molar-refractivity contribution in [3.8, 4) is 5.75 Å². The lowest BCUT2D eigenvalue weighted by atomic mass is 10.1. The topological polar surface area (TPSA) is 81.5 Å². The normalized spacial score (nSPS) is 11.7. The first-order valence-corrected chi connectivity index (χ1v) is 8.57. The van der Waals surface area contributed by atoms with E-state index in [-0.39, 0.29) is 22.5 Å². The highest BCUT2D eigenvalue weighted by Crippen LogP contribution is 2.31. The van der Waals surface area contributed by atoms with Gasteiger partial charge in [0.25, 0.3) is 5.69 Å². The van der Waals surface area contributed by atoms with Gasteiger partial charge in [-0.15, -0.1) is 11.8 Å². The number of nitrogens with one attached hydrogen (secondary N) is 1. The lowest BCUT2D eigenvalue weighted by Crippen LogP contribution is -2.22. The number of thioether (sulfide) groups is 1. The minimum atomic E-state index is -0.512. The number of hydrogen-bond acceptors (Lipinski definition) is 5. The van der Waals surface area contributed by atoms with E-state index in [1.807, 2.05) is 32.0 Å². The average Bonchev–Trinajstić information content (AvgIpc) is 2.57. The van der Waals surface area contributed by atoms with Crippen molar-refractivity contribution in [3.05, 3.63) is 57.6 Å². The molecule has 0 aliphatic carbocycles. The monoisotopic (exact) mass is 360 g/mol. The number of ether oxygens (including phenoxy) is 1. The Balaban J connectivity index is 2.13. The first-order chi connectivity index (χ1) is 11.8. The van der Waals surface area contributed by atoms with E-state index >= 15 is 0 Å². The second kappa shape index (κ2) is 8.02. The SMILES string of the molecule is COc1ccc([N+](=O)[O-])cc1NC(=O)C(C)Sc1ccc(C)c(C)c1. The molecule has 1 atom stereocenters. The van der Waals surface area contributed by atoms with E-state index in [2.05, 4.69) is 5.32 Å². The number of hydrogen-bond donors (Lipinski definition) is 1. The number of non-ortho nitro benzene ring substituents is 1. The van der Waals surface area contributed by atoms with E-state index in [0.29, 0.717) is 5.75 Å². The van der Waals surface area contributed by atoms with Crippen LogP contribution < -0.4 is 10.1 Å². The summed E-state index contributed by atoms with van der Waals surface area (Å²) in [6, 6.07) is 10.1. The lowest BCUT2D eigenvalue weighted by molar-refractivity contribution is -0.384. The van der Waals surface area contributed by atoms with Gasteiger partial charge in [-0.3, -0.25) is 14.9 Å². The van der Waals surface area contributed by atoms with E-state index in [0.717, 1.165) is 10.5 Å². The number of nitro benzene ring substituents is 1. The van der Waals surface area contributed by atoms with Crippen LogP contribution in [0.3, 0.4) is 0 Å². The van der Waals surface area contributed by atoms with E-state index in [9.17, 15) is 14.9 Å². The number of nitro groups is 1. The minimum Gasteiger partial charge on any atom is -0.495 e. The van der Waals surface area contributed by atoms with Crippen molar-refractivity contribution in [2.75, 3.05) is 12.4 Å². The molecule has 2 aromatic carbocycles. The second-order valence-electron chi connectivity index (χ2n) is 5.64. The van der Waals surface area contributed by atoms with Crippen LogP contribution in [-0.2, 0) is 4.79 Å². The summed E-state index contributed by atoms with van der Waals surface area (Å²) in [7, 11) is 1.45. The van der Waals surface area contributed by atoms with Crippen LogP contribution in [0.2, 0.25) is 0 Å². The van der Waals surface area contributed by atoms with Gasteiger partial charge < -0.3 is 10.1 Å². The van der Waals surface area contributed by atoms with Crippen LogP contribution in [0, 0.1) is 24.0 Å². The van der Waals surface area contributed by atoms with Gasteiger partial charge in [0.15, 0.2) is 0 Å². The molecule has 0 spiro atoms. The molecule has 0 aromatic heterocycles. The number of anilines is 1. The number of methoxy groups -OCH3 is 1. The zero-order valence-corrected chi connectivity index (χ0v) is 15.3. The number of nitrogens with zero attached hydrogens (tertiary/aromatic N) is 1. The maximum atomic E-state index is 12.5. The smallest absolute Gasteiger partial charge is 0.271 e. The summed E-state index contributed by atoms with van der Waals surface area (Å²) < 4.78 is 5.16. The van der Waals surface area contributed by atoms with Gasteiger partial charge in [0, 0.05) is 17.0 Å². The van der Waals surface area contributed by atoms with Gasteiger partial charge in [-0.05, 0) is 50.1 Å². The first kappa shape index (κ1) is 18.8. The van der Waals surface area contributed by atoms with Crippen LogP contribution in [0.15, 0.2) is 41.3 Å². The van der Waals surface area contributed by atoms with Crippen molar-refractivity contribution in [2.24, 2.45) is 0 Å². The molecule has 2 aromatic rings. The summed E-state index contributed by atoms with van der Waals surface area (Å²) in [6.07, 6.45) is 0. The van der Waals surface area contributed by atoms with Crippen LogP contribution >= 0.6 is 11.8 Å². The third-order valence-electron chi connectivity index (χ3n) is 3.81. The predicted octanol–water partition coefficient (Wildman–Crippen LogP) is 4.34. The van der Waals surface area contributed by atoms with E-state index in [1.165, 1.54) is 42.6 Å². The number of benzene rings is 2. The molecule has 25 heavy (non-hydrogen) atoms. The molecule has 0 aliphatic heterocycles. The first-order valence-electron chi connectivity index (χ1n) is 7.69. The summed E-state index contributed by atoms with van der Waals surface area (Å²) >= 11 is 1.43. The summed E-state index contributed by atoms with van der Waals surface area (Å²) in [5, 5.41) is 13.3. The fourth-order valence-corrected chi connectivity index (χ4v) is 3.15. The number of amides is 1. The van der Waals surface area contributed by atoms with Gasteiger partial charge in [-0.1, -0.05) is 6.07 Å². The van der Waals surface area contributed by atoms with Gasteiger partial charge in [0.1, 0.15) is 5.75 Å². The molecular formula is C18H20N2O4S. The fraction of sp³-hybridized carbons (Fsp3) is 0.278. The molecule has 1 N–H and O–H groups in total. The van der Waals surface area contributed by atoms with E-state index < -0.39 is 4.92 Å². The fourth-order valence-electron chi connectivity index (χ4n) is 2.19. The maximum Gasteiger partial charge on any atom is 0.271 e. The molecule has 6 nitrogen and oxygen atoms in total. The number of carbonyl (C=O) groups is 1. The lowest BCUT2D eigenvalue weighted by Gasteiger charge is -2.14. The van der Waals surface area contributed by atoms with Crippen molar-refractivity contribution in [1.82, 2.24) is 0 Å². The van der Waals surface area contributed by atoms with Crippen molar-refractivity contribution in [2.45, 2.75) is 30.9 Å². The number of carbonyl (C=O) groups excluding carboxylic acids is 1. The van der Waals surface area contributed by atoms with Crippen molar-refractivity contribution >= 4 is 29.0 Å². The zero-order valence-electron chi connectivity index (χ0n) is 14.5. The van der Waals surface area contributed by atoms with Gasteiger partial charge >= 0.3 is 0 Å². The molecule has 7 heteroatoms. The second-order valence-corrected chi connectivity index (χ2v) is 7.05. The Bertz CT molecular complexity index is 808. The Morgan fingerprint density at radius 2 is 1.92 bits per heavy atom. The Morgan fingerprint density at radius 3 is 2.52 bits per heavy atom. The average molecular weight is 360 g/mol. The van der Waals surface area contributed by atoms with E-state index in [1.54, 1.807) is 6.92 Å². The van der Waals surface area contributed by atoms with Crippen molar-refractivity contribution in [3.63, 3.8) is 0 Å². The summed E-state index contributed by atoms with van der Waals surface area (Å²) in [5.41, 5.74) is 2.54. The molecule has 1 unspecified atom stereocenters. The molecular weight excluding hydrogens is 340 g/mol. The summed E-state index contributed by atoms with van der Waals surface area (Å²) in [5.74, 6) is 0.129. The van der Waals surface area contributed by atoms with Crippen LogP contribution in [0.5, 0.6) is 5.75 Å². The molecule has 0 fully saturated rings.